The molecule has 0 aliphatic rings. The minimum absolute atomic E-state index is 0.204. The topological polar surface area (TPSA) is 93.2 Å². The number of carbonyl (C=O) groups is 2. The molecule has 3 aromatic rings. The first-order valence-electron chi connectivity index (χ1n) is 8.17. The molecule has 3 rings (SSSR count). The van der Waals surface area contributed by atoms with E-state index in [0.717, 1.165) is 10.6 Å². The third-order valence-electron chi connectivity index (χ3n) is 3.66. The van der Waals surface area contributed by atoms with Crippen LogP contribution >= 0.6 is 11.3 Å². The van der Waals surface area contributed by atoms with Crippen molar-refractivity contribution >= 4 is 28.8 Å². The van der Waals surface area contributed by atoms with Crippen LogP contribution in [0.2, 0.25) is 0 Å². The summed E-state index contributed by atoms with van der Waals surface area (Å²) in [6, 6.07) is 10.5. The van der Waals surface area contributed by atoms with Gasteiger partial charge >= 0.3 is 0 Å². The molecule has 8 heteroatoms. The lowest BCUT2D eigenvalue weighted by Crippen LogP contribution is -2.23. The van der Waals surface area contributed by atoms with Gasteiger partial charge in [-0.2, -0.15) is 0 Å². The molecule has 0 unspecified atom stereocenters. The molecule has 0 saturated carbocycles. The van der Waals surface area contributed by atoms with Crippen molar-refractivity contribution in [1.82, 2.24) is 15.3 Å². The average molecular weight is 382 g/mol. The Morgan fingerprint density at radius 1 is 1.07 bits per heavy atom. The van der Waals surface area contributed by atoms with Crippen LogP contribution in [0.3, 0.4) is 0 Å². The van der Waals surface area contributed by atoms with E-state index in [1.807, 2.05) is 0 Å². The smallest absolute Gasteiger partial charge is 0.271 e. The number of carbonyl (C=O) groups excluding carboxylic acids is 2. The number of nitrogens with one attached hydrogen (secondary N) is 2. The molecule has 0 aliphatic carbocycles. The Hall–Kier alpha value is -3.10. The standard InChI is InChI=1S/C19H18N4O3S/c1-26-11-17-23-16(12-27-17)19(25)21-10-13-2-4-14(5-3-13)18(24)22-15-6-8-20-9-7-15/h2-9,12H,10-11H2,1H3,(H,21,25)(H,20,22,24). The lowest BCUT2D eigenvalue weighted by molar-refractivity contribution is 0.0945. The Kier molecular flexibility index (Phi) is 6.24. The van der Waals surface area contributed by atoms with Gasteiger partial charge in [0.15, 0.2) is 0 Å². The Bertz CT molecular complexity index is 910. The fourth-order valence-corrected chi connectivity index (χ4v) is 3.03. The molecule has 2 heterocycles. The maximum atomic E-state index is 12.2. The minimum atomic E-state index is -0.242. The molecular weight excluding hydrogens is 364 g/mol. The number of nitrogens with zero attached hydrogens (tertiary/aromatic N) is 2. The van der Waals surface area contributed by atoms with Gasteiger partial charge in [-0.15, -0.1) is 11.3 Å². The number of rotatable bonds is 7. The Morgan fingerprint density at radius 3 is 2.52 bits per heavy atom. The van der Waals surface area contributed by atoms with Crippen molar-refractivity contribution < 1.29 is 14.3 Å². The second-order valence-electron chi connectivity index (χ2n) is 5.63. The zero-order chi connectivity index (χ0) is 19.1. The maximum absolute atomic E-state index is 12.2. The van der Waals surface area contributed by atoms with Crippen LogP contribution in [0.25, 0.3) is 0 Å². The van der Waals surface area contributed by atoms with Crippen molar-refractivity contribution in [2.75, 3.05) is 12.4 Å². The summed E-state index contributed by atoms with van der Waals surface area (Å²) in [4.78, 5) is 32.5. The van der Waals surface area contributed by atoms with Gasteiger partial charge in [-0.05, 0) is 29.8 Å². The maximum Gasteiger partial charge on any atom is 0.271 e. The van der Waals surface area contributed by atoms with Crippen molar-refractivity contribution in [3.8, 4) is 0 Å². The molecule has 7 nitrogen and oxygen atoms in total. The number of hydrogen-bond donors (Lipinski definition) is 2. The number of thiazole rings is 1. The lowest BCUT2D eigenvalue weighted by atomic mass is 10.1. The number of methoxy groups -OCH3 is 1. The van der Waals surface area contributed by atoms with E-state index in [0.29, 0.717) is 30.1 Å². The van der Waals surface area contributed by atoms with Gasteiger partial charge in [-0.25, -0.2) is 4.98 Å². The van der Waals surface area contributed by atoms with Gasteiger partial charge in [0.05, 0.1) is 6.61 Å². The van der Waals surface area contributed by atoms with E-state index in [4.69, 9.17) is 4.74 Å². The van der Waals surface area contributed by atoms with E-state index in [1.54, 1.807) is 61.3 Å². The van der Waals surface area contributed by atoms with E-state index in [2.05, 4.69) is 20.6 Å². The normalized spacial score (nSPS) is 10.4. The summed E-state index contributed by atoms with van der Waals surface area (Å²) in [5.74, 6) is -0.446. The second kappa shape index (κ2) is 9.02. The largest absolute Gasteiger partial charge is 0.378 e. The van der Waals surface area contributed by atoms with Gasteiger partial charge in [0, 0.05) is 42.7 Å². The van der Waals surface area contributed by atoms with Gasteiger partial charge in [0.25, 0.3) is 11.8 Å². The van der Waals surface area contributed by atoms with Gasteiger partial charge in [-0.3, -0.25) is 14.6 Å². The molecular formula is C19H18N4O3S. The highest BCUT2D eigenvalue weighted by Gasteiger charge is 2.11. The molecule has 0 aliphatic heterocycles. The molecule has 0 spiro atoms. The third kappa shape index (κ3) is 5.19. The monoisotopic (exact) mass is 382 g/mol. The molecule has 2 aromatic heterocycles. The zero-order valence-corrected chi connectivity index (χ0v) is 15.5. The highest BCUT2D eigenvalue weighted by Crippen LogP contribution is 2.12. The lowest BCUT2D eigenvalue weighted by Gasteiger charge is -2.07. The van der Waals surface area contributed by atoms with Gasteiger partial charge in [-0.1, -0.05) is 12.1 Å². The van der Waals surface area contributed by atoms with Gasteiger partial charge in [0.2, 0.25) is 0 Å². The number of benzene rings is 1. The Labute approximate surface area is 160 Å². The molecule has 2 N–H and O–H groups in total. The van der Waals surface area contributed by atoms with Crippen LogP contribution in [0.5, 0.6) is 0 Å². The van der Waals surface area contributed by atoms with Crippen molar-refractivity contribution in [3.05, 3.63) is 76.0 Å². The van der Waals surface area contributed by atoms with Crippen molar-refractivity contribution in [1.29, 1.82) is 0 Å². The van der Waals surface area contributed by atoms with Crippen LogP contribution in [0.15, 0.2) is 54.2 Å². The summed E-state index contributed by atoms with van der Waals surface area (Å²) >= 11 is 1.38. The average Bonchev–Trinajstić information content (AvgIpc) is 3.16. The Balaban J connectivity index is 1.54. The van der Waals surface area contributed by atoms with E-state index < -0.39 is 0 Å². The SMILES string of the molecule is COCc1nc(C(=O)NCc2ccc(C(=O)Nc3ccncc3)cc2)cs1. The number of ether oxygens (including phenoxy) is 1. The number of pyridine rings is 1. The molecule has 0 atom stereocenters. The van der Waals surface area contributed by atoms with Crippen LogP contribution in [-0.2, 0) is 17.9 Å². The molecule has 2 amide bonds. The fraction of sp³-hybridized carbons (Fsp3) is 0.158. The van der Waals surface area contributed by atoms with Crippen LogP contribution in [0, 0.1) is 0 Å². The predicted octanol–water partition coefficient (Wildman–Crippen LogP) is 2.87. The van der Waals surface area contributed by atoms with Crippen molar-refractivity contribution in [2.24, 2.45) is 0 Å². The number of anilines is 1. The van der Waals surface area contributed by atoms with E-state index in [9.17, 15) is 9.59 Å². The van der Waals surface area contributed by atoms with Gasteiger partial charge in [0.1, 0.15) is 10.7 Å². The summed E-state index contributed by atoms with van der Waals surface area (Å²) in [6.45, 7) is 0.739. The summed E-state index contributed by atoms with van der Waals surface area (Å²) in [5.41, 5.74) is 2.48. The molecule has 1 aromatic carbocycles. The van der Waals surface area contributed by atoms with Gasteiger partial charge < -0.3 is 15.4 Å². The van der Waals surface area contributed by atoms with E-state index in [1.165, 1.54) is 11.3 Å². The third-order valence-corrected chi connectivity index (χ3v) is 4.48. The first kappa shape index (κ1) is 18.7. The molecule has 27 heavy (non-hydrogen) atoms. The summed E-state index contributed by atoms with van der Waals surface area (Å²) in [7, 11) is 1.59. The number of amides is 2. The highest BCUT2D eigenvalue weighted by molar-refractivity contribution is 7.09. The number of aromatic nitrogens is 2. The van der Waals surface area contributed by atoms with Crippen molar-refractivity contribution in [2.45, 2.75) is 13.2 Å². The summed E-state index contributed by atoms with van der Waals surface area (Å²) in [5, 5.41) is 8.07. The predicted molar refractivity (Wildman–Crippen MR) is 103 cm³/mol. The highest BCUT2D eigenvalue weighted by atomic mass is 32.1. The summed E-state index contributed by atoms with van der Waals surface area (Å²) in [6.07, 6.45) is 3.23. The zero-order valence-electron chi connectivity index (χ0n) is 14.6. The van der Waals surface area contributed by atoms with Crippen molar-refractivity contribution in [3.63, 3.8) is 0 Å². The molecule has 0 saturated heterocycles. The Morgan fingerprint density at radius 2 is 1.81 bits per heavy atom. The fourth-order valence-electron chi connectivity index (χ4n) is 2.29. The van der Waals surface area contributed by atoms with Crippen LogP contribution < -0.4 is 10.6 Å². The minimum Gasteiger partial charge on any atom is -0.378 e. The van der Waals surface area contributed by atoms with Crippen LogP contribution in [0.4, 0.5) is 5.69 Å². The van der Waals surface area contributed by atoms with Crippen LogP contribution in [-0.4, -0.2) is 28.9 Å². The molecule has 0 radical (unpaired) electrons. The molecule has 138 valence electrons. The number of hydrogen-bond acceptors (Lipinski definition) is 6. The van der Waals surface area contributed by atoms with E-state index in [-0.39, 0.29) is 11.8 Å². The van der Waals surface area contributed by atoms with E-state index >= 15 is 0 Å². The second-order valence-corrected chi connectivity index (χ2v) is 6.57. The molecule has 0 bridgehead atoms. The quantitative estimate of drug-likeness (QED) is 0.655. The first-order valence-corrected chi connectivity index (χ1v) is 9.05. The summed E-state index contributed by atoms with van der Waals surface area (Å²) < 4.78 is 5.00. The molecule has 0 fully saturated rings. The van der Waals surface area contributed by atoms with Crippen LogP contribution in [0.1, 0.15) is 31.4 Å². The first-order chi connectivity index (χ1) is 13.2.